The Morgan fingerprint density at radius 3 is 2.62 bits per heavy atom. The van der Waals surface area contributed by atoms with Crippen molar-refractivity contribution < 1.29 is 9.18 Å². The van der Waals surface area contributed by atoms with Crippen molar-refractivity contribution in [1.82, 2.24) is 24.5 Å². The van der Waals surface area contributed by atoms with Gasteiger partial charge in [0.2, 0.25) is 11.5 Å². The molecule has 1 amide bonds. The minimum Gasteiger partial charge on any atom is -0.345 e. The van der Waals surface area contributed by atoms with E-state index in [4.69, 9.17) is 0 Å². The summed E-state index contributed by atoms with van der Waals surface area (Å²) in [5, 5.41) is 7.18. The summed E-state index contributed by atoms with van der Waals surface area (Å²) in [5.41, 5.74) is 4.52. The highest BCUT2D eigenvalue weighted by atomic mass is 19.1. The van der Waals surface area contributed by atoms with Crippen molar-refractivity contribution in [3.05, 3.63) is 111 Å². The molecule has 0 unspecified atom stereocenters. The third-order valence-electron chi connectivity index (χ3n) is 5.83. The topological polar surface area (TPSA) is 81.3 Å². The molecular formula is C26H22FN5O2. The lowest BCUT2D eigenvalue weighted by Crippen LogP contribution is -2.24. The van der Waals surface area contributed by atoms with Gasteiger partial charge in [-0.1, -0.05) is 42.5 Å². The predicted molar refractivity (Wildman–Crippen MR) is 127 cm³/mol. The van der Waals surface area contributed by atoms with Crippen LogP contribution in [0.3, 0.4) is 0 Å². The number of hydrogen-bond acceptors (Lipinski definition) is 4. The van der Waals surface area contributed by atoms with Gasteiger partial charge in [0, 0.05) is 6.54 Å². The molecule has 0 aliphatic carbocycles. The summed E-state index contributed by atoms with van der Waals surface area (Å²) in [6, 6.07) is 19.5. The number of aromatic nitrogens is 4. The molecule has 7 nitrogen and oxygen atoms in total. The van der Waals surface area contributed by atoms with Crippen molar-refractivity contribution >= 4 is 22.6 Å². The van der Waals surface area contributed by atoms with Crippen molar-refractivity contribution in [1.29, 1.82) is 0 Å². The Labute approximate surface area is 194 Å². The first-order valence-corrected chi connectivity index (χ1v) is 10.9. The van der Waals surface area contributed by atoms with E-state index in [2.05, 4.69) is 15.4 Å². The number of rotatable bonds is 5. The van der Waals surface area contributed by atoms with Crippen LogP contribution in [0, 0.1) is 19.7 Å². The minimum absolute atomic E-state index is 0.0359. The van der Waals surface area contributed by atoms with Gasteiger partial charge in [-0.05, 0) is 60.4 Å². The molecular weight excluding hydrogens is 433 g/mol. The molecule has 0 aliphatic rings. The van der Waals surface area contributed by atoms with Gasteiger partial charge in [0.15, 0.2) is 0 Å². The SMILES string of the molecule is Cc1ccc2c(c1)n(Cc1cccc(F)c1)c(=O)c1nc(C(=O)NCc3ccccc3C)nn12. The first-order valence-electron chi connectivity index (χ1n) is 10.9. The van der Waals surface area contributed by atoms with Crippen LogP contribution < -0.4 is 10.9 Å². The maximum atomic E-state index is 13.8. The predicted octanol–water partition coefficient (Wildman–Crippen LogP) is 3.78. The Kier molecular flexibility index (Phi) is 5.41. The van der Waals surface area contributed by atoms with E-state index in [9.17, 15) is 14.0 Å². The van der Waals surface area contributed by atoms with Gasteiger partial charge in [0.05, 0.1) is 17.6 Å². The summed E-state index contributed by atoms with van der Waals surface area (Å²) in [4.78, 5) is 30.5. The summed E-state index contributed by atoms with van der Waals surface area (Å²) in [7, 11) is 0. The molecule has 0 atom stereocenters. The van der Waals surface area contributed by atoms with Crippen molar-refractivity contribution in [3.8, 4) is 0 Å². The van der Waals surface area contributed by atoms with E-state index in [0.717, 1.165) is 16.7 Å². The van der Waals surface area contributed by atoms with Crippen molar-refractivity contribution in [3.63, 3.8) is 0 Å². The zero-order valence-corrected chi connectivity index (χ0v) is 18.7. The van der Waals surface area contributed by atoms with Crippen LogP contribution >= 0.6 is 0 Å². The quantitative estimate of drug-likeness (QED) is 0.437. The molecule has 3 aromatic carbocycles. The molecule has 0 fully saturated rings. The fourth-order valence-electron chi connectivity index (χ4n) is 4.01. The first-order chi connectivity index (χ1) is 16.4. The number of fused-ring (bicyclic) bond motifs is 3. The summed E-state index contributed by atoms with van der Waals surface area (Å²) in [5.74, 6) is -0.929. The van der Waals surface area contributed by atoms with Crippen LogP contribution in [-0.4, -0.2) is 25.1 Å². The van der Waals surface area contributed by atoms with Gasteiger partial charge in [0.1, 0.15) is 5.82 Å². The van der Waals surface area contributed by atoms with E-state index >= 15 is 0 Å². The Bertz CT molecular complexity index is 1620. The monoisotopic (exact) mass is 455 g/mol. The average Bonchev–Trinajstić information content (AvgIpc) is 3.27. The largest absolute Gasteiger partial charge is 0.345 e. The number of carbonyl (C=O) groups excluding carboxylic acids is 1. The molecule has 2 heterocycles. The van der Waals surface area contributed by atoms with Crippen molar-refractivity contribution in [2.45, 2.75) is 26.9 Å². The van der Waals surface area contributed by atoms with Crippen LogP contribution in [0.4, 0.5) is 4.39 Å². The standard InChI is InChI=1S/C26H22FN5O2/c1-16-10-11-21-22(12-16)31(15-18-7-5-9-20(27)13-18)26(34)24-29-23(30-32(21)24)25(33)28-14-19-8-4-3-6-17(19)2/h3-13H,14-15H2,1-2H3,(H,28,33). The van der Waals surface area contributed by atoms with Crippen LogP contribution in [-0.2, 0) is 13.1 Å². The second-order valence-corrected chi connectivity index (χ2v) is 8.29. The van der Waals surface area contributed by atoms with E-state index in [1.54, 1.807) is 12.1 Å². The smallest absolute Gasteiger partial charge is 0.296 e. The van der Waals surface area contributed by atoms with Crippen LogP contribution in [0.25, 0.3) is 16.7 Å². The maximum Gasteiger partial charge on any atom is 0.296 e. The Morgan fingerprint density at radius 1 is 1.00 bits per heavy atom. The number of aryl methyl sites for hydroxylation is 2. The summed E-state index contributed by atoms with van der Waals surface area (Å²) in [6.07, 6.45) is 0. The fraction of sp³-hybridized carbons (Fsp3) is 0.154. The molecule has 1 N–H and O–H groups in total. The number of halogens is 1. The molecule has 0 aliphatic heterocycles. The molecule has 0 bridgehead atoms. The molecule has 170 valence electrons. The van der Waals surface area contributed by atoms with E-state index < -0.39 is 11.5 Å². The highest BCUT2D eigenvalue weighted by molar-refractivity contribution is 5.91. The van der Waals surface area contributed by atoms with Gasteiger partial charge in [-0.25, -0.2) is 8.91 Å². The molecule has 2 aromatic heterocycles. The van der Waals surface area contributed by atoms with Gasteiger partial charge >= 0.3 is 0 Å². The maximum absolute atomic E-state index is 13.8. The highest BCUT2D eigenvalue weighted by Gasteiger charge is 2.19. The summed E-state index contributed by atoms with van der Waals surface area (Å²) in [6.45, 7) is 4.38. The van der Waals surface area contributed by atoms with Gasteiger partial charge in [0.25, 0.3) is 11.5 Å². The van der Waals surface area contributed by atoms with E-state index in [1.807, 2.05) is 56.3 Å². The molecule has 34 heavy (non-hydrogen) atoms. The zero-order valence-electron chi connectivity index (χ0n) is 18.7. The van der Waals surface area contributed by atoms with Crippen molar-refractivity contribution in [2.75, 3.05) is 0 Å². The lowest BCUT2D eigenvalue weighted by Gasteiger charge is -2.12. The number of nitrogens with zero attached hydrogens (tertiary/aromatic N) is 4. The number of nitrogens with one attached hydrogen (secondary N) is 1. The number of carbonyl (C=O) groups is 1. The Hall–Kier alpha value is -4.33. The highest BCUT2D eigenvalue weighted by Crippen LogP contribution is 2.18. The zero-order chi connectivity index (χ0) is 23.8. The number of amides is 1. The van der Waals surface area contributed by atoms with Crippen LogP contribution in [0.15, 0.2) is 71.5 Å². The molecule has 0 radical (unpaired) electrons. The van der Waals surface area contributed by atoms with E-state index in [1.165, 1.54) is 21.2 Å². The van der Waals surface area contributed by atoms with Gasteiger partial charge in [-0.15, -0.1) is 5.10 Å². The normalized spacial score (nSPS) is 11.3. The summed E-state index contributed by atoms with van der Waals surface area (Å²) >= 11 is 0. The molecule has 5 aromatic rings. The van der Waals surface area contributed by atoms with Crippen LogP contribution in [0.1, 0.15) is 32.9 Å². The number of hydrogen-bond donors (Lipinski definition) is 1. The second kappa shape index (κ2) is 8.55. The fourth-order valence-corrected chi connectivity index (χ4v) is 4.01. The molecule has 0 spiro atoms. The Morgan fingerprint density at radius 2 is 1.82 bits per heavy atom. The van der Waals surface area contributed by atoms with E-state index in [-0.39, 0.29) is 23.8 Å². The lowest BCUT2D eigenvalue weighted by atomic mass is 10.1. The minimum atomic E-state index is -0.469. The second-order valence-electron chi connectivity index (χ2n) is 8.29. The molecule has 8 heteroatoms. The van der Waals surface area contributed by atoms with Gasteiger partial charge in [-0.3, -0.25) is 14.2 Å². The third kappa shape index (κ3) is 3.94. The molecule has 5 rings (SSSR count). The lowest BCUT2D eigenvalue weighted by molar-refractivity contribution is 0.0941. The Balaban J connectivity index is 1.58. The van der Waals surface area contributed by atoms with Gasteiger partial charge < -0.3 is 5.32 Å². The van der Waals surface area contributed by atoms with E-state index in [0.29, 0.717) is 23.1 Å². The third-order valence-corrected chi connectivity index (χ3v) is 5.83. The average molecular weight is 455 g/mol. The molecule has 0 saturated carbocycles. The van der Waals surface area contributed by atoms with Gasteiger partial charge in [-0.2, -0.15) is 4.98 Å². The number of benzene rings is 3. The molecule has 0 saturated heterocycles. The van der Waals surface area contributed by atoms with Crippen LogP contribution in [0.2, 0.25) is 0 Å². The van der Waals surface area contributed by atoms with Crippen LogP contribution in [0.5, 0.6) is 0 Å². The van der Waals surface area contributed by atoms with Crippen molar-refractivity contribution in [2.24, 2.45) is 0 Å². The first kappa shape index (κ1) is 21.5. The summed E-state index contributed by atoms with van der Waals surface area (Å²) < 4.78 is 16.7.